The molecule has 3 rings (SSSR count). The predicted octanol–water partition coefficient (Wildman–Crippen LogP) is 1.95. The van der Waals surface area contributed by atoms with Crippen molar-refractivity contribution in [3.63, 3.8) is 0 Å². The molecule has 1 aliphatic heterocycles. The fraction of sp³-hybridized carbons (Fsp3) is 0.375. The van der Waals surface area contributed by atoms with Gasteiger partial charge in [-0.25, -0.2) is 4.39 Å². The van der Waals surface area contributed by atoms with Crippen LogP contribution < -0.4 is 9.80 Å². The van der Waals surface area contributed by atoms with E-state index >= 15 is 0 Å². The summed E-state index contributed by atoms with van der Waals surface area (Å²) in [6.45, 7) is 6.96. The van der Waals surface area contributed by atoms with Crippen LogP contribution in [0.4, 0.5) is 15.8 Å². The van der Waals surface area contributed by atoms with Crippen molar-refractivity contribution in [2.45, 2.75) is 13.8 Å². The number of halogens is 1. The molecule has 0 spiro atoms. The number of nitrogens with one attached hydrogen (secondary N) is 1. The number of piperazine rings is 1. The van der Waals surface area contributed by atoms with Crippen molar-refractivity contribution in [1.82, 2.24) is 10.2 Å². The molecule has 1 saturated heterocycles. The Labute approximate surface area is 158 Å². The fourth-order valence-corrected chi connectivity index (χ4v) is 3.00. The summed E-state index contributed by atoms with van der Waals surface area (Å²) in [6.07, 6.45) is 1.81. The van der Waals surface area contributed by atoms with E-state index in [9.17, 15) is 9.18 Å². The predicted molar refractivity (Wildman–Crippen MR) is 83.7 cm³/mol. The molecule has 0 bridgehead atoms. The number of aryl methyl sites for hydroxylation is 2. The molecule has 1 aromatic carbocycles. The molecular weight excluding hydrogens is 521 g/mol. The number of nitrogens with zero attached hydrogens (tertiary/aromatic N) is 3. The standard InChI is InChI=1S/C16H18FN4O.U/c1-11-16(12(2)19-18-11)21-7-5-20(6-8-21)15-9-13(10-22)3-4-14(15)17;/h3-4,9H,5-8H2,1-2H3,(H,18,19);/q-1;. The van der Waals surface area contributed by atoms with E-state index in [1.54, 1.807) is 6.07 Å². The van der Waals surface area contributed by atoms with Gasteiger partial charge in [0.1, 0.15) is 5.82 Å². The fourth-order valence-electron chi connectivity index (χ4n) is 3.00. The Balaban J connectivity index is 0.00000192. The largest absolute Gasteiger partial charge is 0.376 e. The first-order valence-electron chi connectivity index (χ1n) is 7.29. The number of anilines is 2. The first-order valence-corrected chi connectivity index (χ1v) is 7.29. The molecule has 5 nitrogen and oxygen atoms in total. The van der Waals surface area contributed by atoms with Crippen LogP contribution in [0, 0.1) is 50.8 Å². The third kappa shape index (κ3) is 3.62. The van der Waals surface area contributed by atoms with Gasteiger partial charge < -0.3 is 14.6 Å². The Morgan fingerprint density at radius 3 is 2.39 bits per heavy atom. The molecule has 7 heteroatoms. The average molecular weight is 539 g/mol. The minimum Gasteiger partial charge on any atom is -0.376 e. The van der Waals surface area contributed by atoms with Crippen molar-refractivity contribution >= 4 is 17.7 Å². The second-order valence-corrected chi connectivity index (χ2v) is 5.52. The maximum absolute atomic E-state index is 14.0. The Bertz CT molecular complexity index is 676. The molecule has 0 unspecified atom stereocenters. The quantitative estimate of drug-likeness (QED) is 0.607. The maximum Gasteiger partial charge on any atom is 0.121 e. The van der Waals surface area contributed by atoms with Crippen molar-refractivity contribution in [2.75, 3.05) is 36.0 Å². The normalized spacial score (nSPS) is 14.6. The van der Waals surface area contributed by atoms with E-state index in [1.807, 2.05) is 25.0 Å². The number of benzene rings is 1. The van der Waals surface area contributed by atoms with Crippen LogP contribution in [0.15, 0.2) is 18.2 Å². The van der Waals surface area contributed by atoms with Crippen LogP contribution in [-0.2, 0) is 4.79 Å². The van der Waals surface area contributed by atoms with Crippen molar-refractivity contribution in [3.8, 4) is 0 Å². The summed E-state index contributed by atoms with van der Waals surface area (Å²) in [5.41, 5.74) is 4.01. The monoisotopic (exact) mass is 539 g/mol. The van der Waals surface area contributed by atoms with Crippen molar-refractivity contribution in [1.29, 1.82) is 0 Å². The molecule has 0 radical (unpaired) electrons. The zero-order valence-electron chi connectivity index (χ0n) is 13.2. The molecule has 2 heterocycles. The minimum absolute atomic E-state index is 0. The number of hydrogen-bond acceptors (Lipinski definition) is 4. The van der Waals surface area contributed by atoms with Crippen LogP contribution in [-0.4, -0.2) is 42.7 Å². The second-order valence-electron chi connectivity index (χ2n) is 5.52. The summed E-state index contributed by atoms with van der Waals surface area (Å²) in [5.74, 6) is -0.303. The van der Waals surface area contributed by atoms with Gasteiger partial charge >= 0.3 is 0 Å². The molecular formula is C16H18FN4OU-. The van der Waals surface area contributed by atoms with Gasteiger partial charge in [-0.15, -0.1) is 11.6 Å². The summed E-state index contributed by atoms with van der Waals surface area (Å²) >= 11 is 0. The van der Waals surface area contributed by atoms with Gasteiger partial charge in [0.2, 0.25) is 0 Å². The van der Waals surface area contributed by atoms with Crippen LogP contribution in [0.5, 0.6) is 0 Å². The van der Waals surface area contributed by atoms with E-state index in [0.717, 1.165) is 30.2 Å². The Kier molecular flexibility index (Phi) is 5.88. The zero-order chi connectivity index (χ0) is 15.7. The molecule has 23 heavy (non-hydrogen) atoms. The summed E-state index contributed by atoms with van der Waals surface area (Å²) in [4.78, 5) is 15.0. The number of carbonyl (C=O) groups excluding carboxylic acids is 1. The summed E-state index contributed by atoms with van der Waals surface area (Å²) in [5, 5.41) is 7.22. The molecule has 0 saturated carbocycles. The van der Waals surface area contributed by atoms with Crippen LogP contribution >= 0.6 is 0 Å². The molecule has 1 aliphatic rings. The molecule has 2 aromatic rings. The van der Waals surface area contributed by atoms with Crippen LogP contribution in [0.3, 0.4) is 0 Å². The first kappa shape index (κ1) is 18.0. The van der Waals surface area contributed by atoms with Gasteiger partial charge in [-0.3, -0.25) is 5.10 Å². The van der Waals surface area contributed by atoms with Crippen molar-refractivity contribution in [2.24, 2.45) is 0 Å². The Morgan fingerprint density at radius 1 is 1.17 bits per heavy atom. The molecule has 0 atom stereocenters. The smallest absolute Gasteiger partial charge is 0.121 e. The molecule has 1 aromatic heterocycles. The minimum atomic E-state index is -0.303. The first-order chi connectivity index (χ1) is 10.6. The van der Waals surface area contributed by atoms with E-state index in [-0.39, 0.29) is 36.9 Å². The van der Waals surface area contributed by atoms with Gasteiger partial charge in [0.15, 0.2) is 0 Å². The van der Waals surface area contributed by atoms with Gasteiger partial charge in [0.25, 0.3) is 0 Å². The van der Waals surface area contributed by atoms with Gasteiger partial charge in [-0.2, -0.15) is 11.2 Å². The number of rotatable bonds is 3. The molecule has 0 amide bonds. The number of H-pyrrole nitrogens is 1. The Morgan fingerprint density at radius 2 is 1.83 bits per heavy atom. The number of hydrogen-bond donors (Lipinski definition) is 1. The summed E-state index contributed by atoms with van der Waals surface area (Å²) in [7, 11) is 0. The van der Waals surface area contributed by atoms with Gasteiger partial charge in [0, 0.05) is 63.0 Å². The molecule has 0 aliphatic carbocycles. The summed E-state index contributed by atoms with van der Waals surface area (Å²) < 4.78 is 14.0. The van der Waals surface area contributed by atoms with Crippen molar-refractivity contribution in [3.05, 3.63) is 41.0 Å². The van der Waals surface area contributed by atoms with Gasteiger partial charge in [0.05, 0.1) is 23.4 Å². The maximum atomic E-state index is 14.0. The second kappa shape index (κ2) is 7.50. The van der Waals surface area contributed by atoms with Crippen molar-refractivity contribution < 1.29 is 40.3 Å². The van der Waals surface area contributed by atoms with Gasteiger partial charge in [-0.1, -0.05) is 6.07 Å². The summed E-state index contributed by atoms with van der Waals surface area (Å²) in [6, 6.07) is 4.33. The van der Waals surface area contributed by atoms with E-state index in [2.05, 4.69) is 15.1 Å². The van der Waals surface area contributed by atoms with Gasteiger partial charge in [-0.05, 0) is 13.8 Å². The average Bonchev–Trinajstić information content (AvgIpc) is 2.87. The zero-order valence-corrected chi connectivity index (χ0v) is 17.4. The third-order valence-electron chi connectivity index (χ3n) is 4.09. The third-order valence-corrected chi connectivity index (χ3v) is 4.09. The van der Waals surface area contributed by atoms with E-state index in [1.165, 1.54) is 12.1 Å². The van der Waals surface area contributed by atoms with E-state index < -0.39 is 0 Å². The molecule has 120 valence electrons. The number of aromatic nitrogens is 2. The van der Waals surface area contributed by atoms with Crippen LogP contribution in [0.25, 0.3) is 0 Å². The Hall–Kier alpha value is -1.32. The van der Waals surface area contributed by atoms with E-state index in [0.29, 0.717) is 24.3 Å². The number of aromatic amines is 1. The SMILES string of the molecule is Cc1n[nH]c(C)c1N1CCN(c2cc([C-]=O)ccc2F)CC1.[U]. The van der Waals surface area contributed by atoms with Crippen LogP contribution in [0.1, 0.15) is 17.0 Å². The molecule has 1 N–H and O–H groups in total. The van der Waals surface area contributed by atoms with E-state index in [4.69, 9.17) is 0 Å². The topological polar surface area (TPSA) is 52.2 Å². The molecule has 1 fully saturated rings. The van der Waals surface area contributed by atoms with Crippen LogP contribution in [0.2, 0.25) is 0 Å².